The van der Waals surface area contributed by atoms with Crippen molar-refractivity contribution in [1.29, 1.82) is 0 Å². The first-order chi connectivity index (χ1) is 14.4. The molecule has 0 radical (unpaired) electrons. The van der Waals surface area contributed by atoms with E-state index in [0.29, 0.717) is 22.2 Å². The Morgan fingerprint density at radius 2 is 1.90 bits per heavy atom. The van der Waals surface area contributed by atoms with Crippen molar-refractivity contribution in [2.24, 2.45) is 0 Å². The van der Waals surface area contributed by atoms with Crippen LogP contribution in [0.3, 0.4) is 0 Å². The normalized spacial score (nSPS) is 14.0. The van der Waals surface area contributed by atoms with Crippen molar-refractivity contribution >= 4 is 21.6 Å². The van der Waals surface area contributed by atoms with Gasteiger partial charge in [0, 0.05) is 17.6 Å². The van der Waals surface area contributed by atoms with Crippen LogP contribution in [0.4, 0.5) is 0 Å². The summed E-state index contributed by atoms with van der Waals surface area (Å²) in [6.07, 6.45) is 3.98. The lowest BCUT2D eigenvalue weighted by molar-refractivity contribution is 0.335. The average molecular weight is 448 g/mol. The van der Waals surface area contributed by atoms with Crippen molar-refractivity contribution in [3.63, 3.8) is 0 Å². The number of fused-ring (bicyclic) bond motifs is 1. The van der Waals surface area contributed by atoms with Crippen molar-refractivity contribution in [3.05, 3.63) is 58.4 Å². The average Bonchev–Trinajstić information content (AvgIpc) is 3.21. The molecule has 9 heteroatoms. The smallest absolute Gasteiger partial charge is 0.246 e. The summed E-state index contributed by atoms with van der Waals surface area (Å²) in [5.41, 5.74) is 2.91. The molecular formula is C21H22ClN3O4S. The molecule has 0 saturated heterocycles. The number of halogens is 1. The van der Waals surface area contributed by atoms with Crippen LogP contribution in [0.25, 0.3) is 11.4 Å². The van der Waals surface area contributed by atoms with Crippen LogP contribution in [0.5, 0.6) is 5.75 Å². The molecule has 3 aromatic rings. The molecule has 0 unspecified atom stereocenters. The minimum absolute atomic E-state index is 0.0594. The Labute approximate surface area is 180 Å². The Kier molecular flexibility index (Phi) is 5.81. The predicted molar refractivity (Wildman–Crippen MR) is 113 cm³/mol. The van der Waals surface area contributed by atoms with Crippen molar-refractivity contribution < 1.29 is 17.7 Å². The van der Waals surface area contributed by atoms with Gasteiger partial charge in [-0.1, -0.05) is 28.9 Å². The van der Waals surface area contributed by atoms with Gasteiger partial charge in [0.15, 0.2) is 0 Å². The Morgan fingerprint density at radius 3 is 2.60 bits per heavy atom. The molecule has 2 aromatic carbocycles. The Bertz CT molecular complexity index is 1180. The van der Waals surface area contributed by atoms with Crippen LogP contribution in [0.15, 0.2) is 45.8 Å². The molecule has 1 aliphatic carbocycles. The SMILES string of the molecule is COc1cc2c(cc1S(=O)(=O)N(C)Cc1nc(-c3cccc(Cl)c3)no1)CCCC2. The van der Waals surface area contributed by atoms with Crippen molar-refractivity contribution in [2.75, 3.05) is 14.2 Å². The van der Waals surface area contributed by atoms with Gasteiger partial charge in [-0.2, -0.15) is 9.29 Å². The van der Waals surface area contributed by atoms with Crippen LogP contribution in [-0.4, -0.2) is 37.0 Å². The maximum Gasteiger partial charge on any atom is 0.246 e. The summed E-state index contributed by atoms with van der Waals surface area (Å²) in [5.74, 6) is 0.894. The first kappa shape index (κ1) is 20.8. The van der Waals surface area contributed by atoms with Gasteiger partial charge in [-0.15, -0.1) is 0 Å². The summed E-state index contributed by atoms with van der Waals surface area (Å²) < 4.78 is 38.4. The molecule has 1 aliphatic rings. The van der Waals surface area contributed by atoms with Crippen LogP contribution in [-0.2, 0) is 29.4 Å². The second kappa shape index (κ2) is 8.37. The van der Waals surface area contributed by atoms with E-state index in [1.807, 2.05) is 6.07 Å². The number of ether oxygens (including phenoxy) is 1. The fourth-order valence-corrected chi connectivity index (χ4v) is 5.10. The molecule has 0 fully saturated rings. The number of hydrogen-bond donors (Lipinski definition) is 0. The zero-order valence-corrected chi connectivity index (χ0v) is 18.3. The lowest BCUT2D eigenvalue weighted by Gasteiger charge is -2.22. The molecule has 0 amide bonds. The fraction of sp³-hybridized carbons (Fsp3) is 0.333. The first-order valence-electron chi connectivity index (χ1n) is 9.63. The summed E-state index contributed by atoms with van der Waals surface area (Å²) in [4.78, 5) is 4.46. The second-order valence-corrected chi connectivity index (χ2v) is 9.71. The molecule has 30 heavy (non-hydrogen) atoms. The maximum atomic E-state index is 13.3. The number of nitrogens with zero attached hydrogens (tertiary/aromatic N) is 3. The highest BCUT2D eigenvalue weighted by atomic mass is 35.5. The monoisotopic (exact) mass is 447 g/mol. The highest BCUT2D eigenvalue weighted by Crippen LogP contribution is 2.33. The van der Waals surface area contributed by atoms with Crippen LogP contribution >= 0.6 is 11.6 Å². The quantitative estimate of drug-likeness (QED) is 0.565. The number of rotatable bonds is 6. The molecule has 0 atom stereocenters. The van der Waals surface area contributed by atoms with Gasteiger partial charge in [0.1, 0.15) is 10.6 Å². The third-order valence-corrected chi connectivity index (χ3v) is 7.28. The fourth-order valence-electron chi connectivity index (χ4n) is 3.61. The van der Waals surface area contributed by atoms with Crippen molar-refractivity contribution in [1.82, 2.24) is 14.4 Å². The van der Waals surface area contributed by atoms with Crippen LogP contribution < -0.4 is 4.74 Å². The highest BCUT2D eigenvalue weighted by Gasteiger charge is 2.28. The highest BCUT2D eigenvalue weighted by molar-refractivity contribution is 7.89. The largest absolute Gasteiger partial charge is 0.495 e. The molecule has 1 heterocycles. The Morgan fingerprint density at radius 1 is 1.17 bits per heavy atom. The summed E-state index contributed by atoms with van der Waals surface area (Å²) in [6, 6.07) is 10.6. The van der Waals surface area contributed by atoms with Crippen LogP contribution in [0.2, 0.25) is 5.02 Å². The van der Waals surface area contributed by atoms with Crippen molar-refractivity contribution in [3.8, 4) is 17.1 Å². The molecule has 1 aromatic heterocycles. The minimum atomic E-state index is -3.82. The van der Waals surface area contributed by atoms with E-state index < -0.39 is 10.0 Å². The van der Waals surface area contributed by atoms with Crippen LogP contribution in [0.1, 0.15) is 29.9 Å². The van der Waals surface area contributed by atoms with Gasteiger partial charge in [0.2, 0.25) is 21.7 Å². The molecule has 4 rings (SSSR count). The van der Waals surface area contributed by atoms with Gasteiger partial charge in [0.25, 0.3) is 0 Å². The van der Waals surface area contributed by atoms with E-state index in [9.17, 15) is 8.42 Å². The van der Waals surface area contributed by atoms with E-state index >= 15 is 0 Å². The van der Waals surface area contributed by atoms with Gasteiger partial charge in [-0.25, -0.2) is 8.42 Å². The van der Waals surface area contributed by atoms with Gasteiger partial charge < -0.3 is 9.26 Å². The summed E-state index contributed by atoms with van der Waals surface area (Å²) in [6.45, 7) is -0.0594. The molecule has 0 bridgehead atoms. The maximum absolute atomic E-state index is 13.3. The van der Waals surface area contributed by atoms with Crippen LogP contribution in [0, 0.1) is 0 Å². The molecule has 7 nitrogen and oxygen atoms in total. The van der Waals surface area contributed by atoms with E-state index in [-0.39, 0.29) is 17.3 Å². The molecule has 0 aliphatic heterocycles. The zero-order chi connectivity index (χ0) is 21.3. The molecule has 0 saturated carbocycles. The predicted octanol–water partition coefficient (Wildman–Crippen LogP) is 4.10. The summed E-state index contributed by atoms with van der Waals surface area (Å²) in [5, 5.41) is 4.49. The standard InChI is InChI=1S/C21H22ClN3O4S/c1-25(13-20-23-21(24-29-20)16-8-5-9-17(22)10-16)30(26,27)19-12-15-7-4-3-6-14(15)11-18(19)28-2/h5,8-12H,3-4,6-7,13H2,1-2H3. The Hall–Kier alpha value is -2.42. The zero-order valence-electron chi connectivity index (χ0n) is 16.8. The van der Waals surface area contributed by atoms with Gasteiger partial charge in [-0.05, 0) is 61.1 Å². The molecular weight excluding hydrogens is 426 g/mol. The number of hydrogen-bond acceptors (Lipinski definition) is 6. The number of aryl methyl sites for hydroxylation is 2. The third-order valence-electron chi connectivity index (χ3n) is 5.23. The molecule has 0 spiro atoms. The van der Waals surface area contributed by atoms with Crippen molar-refractivity contribution in [2.45, 2.75) is 37.1 Å². The van der Waals surface area contributed by atoms with Gasteiger partial charge >= 0.3 is 0 Å². The van der Waals surface area contributed by atoms with E-state index in [1.54, 1.807) is 30.3 Å². The summed E-state index contributed by atoms with van der Waals surface area (Å²) >= 11 is 6.01. The third kappa shape index (κ3) is 4.08. The minimum Gasteiger partial charge on any atom is -0.495 e. The van der Waals surface area contributed by atoms with E-state index in [1.165, 1.54) is 18.5 Å². The number of methoxy groups -OCH3 is 1. The van der Waals surface area contributed by atoms with E-state index in [2.05, 4.69) is 10.1 Å². The number of aromatic nitrogens is 2. The number of benzene rings is 2. The lowest BCUT2D eigenvalue weighted by atomic mass is 9.92. The Balaban J connectivity index is 1.60. The topological polar surface area (TPSA) is 85.5 Å². The first-order valence-corrected chi connectivity index (χ1v) is 11.4. The van der Waals surface area contributed by atoms with E-state index in [0.717, 1.165) is 36.8 Å². The van der Waals surface area contributed by atoms with E-state index in [4.69, 9.17) is 20.9 Å². The summed E-state index contributed by atoms with van der Waals surface area (Å²) in [7, 11) is -0.847. The van der Waals surface area contributed by atoms with Gasteiger partial charge in [-0.3, -0.25) is 0 Å². The second-order valence-electron chi connectivity index (χ2n) is 7.26. The number of sulfonamides is 1. The van der Waals surface area contributed by atoms with Gasteiger partial charge in [0.05, 0.1) is 13.7 Å². The lowest BCUT2D eigenvalue weighted by Crippen LogP contribution is -2.27. The molecule has 158 valence electrons. The molecule has 0 N–H and O–H groups in total.